The van der Waals surface area contributed by atoms with Gasteiger partial charge >= 0.3 is 0 Å². The van der Waals surface area contributed by atoms with Gasteiger partial charge in [0.05, 0.1) is 0 Å². The molecule has 0 aromatic carbocycles. The Morgan fingerprint density at radius 3 is 2.78 bits per heavy atom. The van der Waals surface area contributed by atoms with Gasteiger partial charge in [-0.25, -0.2) is 8.42 Å². The summed E-state index contributed by atoms with van der Waals surface area (Å²) in [6.45, 7) is 4.75. The van der Waals surface area contributed by atoms with Crippen LogP contribution in [-0.4, -0.2) is 38.9 Å². The molecule has 2 rings (SSSR count). The third-order valence-electron chi connectivity index (χ3n) is 3.34. The number of hydrogen-bond acceptors (Lipinski definition) is 4. The summed E-state index contributed by atoms with van der Waals surface area (Å²) >= 11 is 0. The van der Waals surface area contributed by atoms with Crippen LogP contribution in [0.4, 0.5) is 0 Å². The first-order chi connectivity index (χ1) is 8.46. The Morgan fingerprint density at radius 1 is 1.50 bits per heavy atom. The lowest BCUT2D eigenvalue weighted by Gasteiger charge is -2.23. The van der Waals surface area contributed by atoms with Gasteiger partial charge < -0.3 is 9.73 Å². The Balaban J connectivity index is 2.33. The molecular formula is C12H20N2O3S. The molecule has 18 heavy (non-hydrogen) atoms. The highest BCUT2D eigenvalue weighted by molar-refractivity contribution is 7.89. The lowest BCUT2D eigenvalue weighted by molar-refractivity contribution is 0.378. The summed E-state index contributed by atoms with van der Waals surface area (Å²) in [4.78, 5) is 0.308. The van der Waals surface area contributed by atoms with Gasteiger partial charge in [0.2, 0.25) is 10.0 Å². The molecule has 0 radical (unpaired) electrons. The van der Waals surface area contributed by atoms with Crippen molar-refractivity contribution in [2.24, 2.45) is 0 Å². The number of furan rings is 1. The largest absolute Gasteiger partial charge is 0.465 e. The molecule has 2 heterocycles. The average Bonchev–Trinajstić information content (AvgIpc) is 2.86. The molecule has 0 unspecified atom stereocenters. The van der Waals surface area contributed by atoms with Gasteiger partial charge in [-0.15, -0.1) is 0 Å². The van der Waals surface area contributed by atoms with E-state index in [-0.39, 0.29) is 6.04 Å². The zero-order valence-electron chi connectivity index (χ0n) is 11.1. The second-order valence-corrected chi connectivity index (χ2v) is 6.61. The number of rotatable bonds is 4. The van der Waals surface area contributed by atoms with E-state index in [0.29, 0.717) is 29.5 Å². The minimum Gasteiger partial charge on any atom is -0.465 e. The summed E-state index contributed by atoms with van der Waals surface area (Å²) in [7, 11) is -1.58. The SMILES string of the molecule is CNC[C@@H]1CCCN1S(=O)(=O)c1cc(C)oc1C. The first kappa shape index (κ1) is 13.6. The first-order valence-electron chi connectivity index (χ1n) is 6.20. The number of sulfonamides is 1. The van der Waals surface area contributed by atoms with Crippen LogP contribution in [0.3, 0.4) is 0 Å². The minimum atomic E-state index is -3.42. The molecule has 0 saturated carbocycles. The molecule has 1 N–H and O–H groups in total. The van der Waals surface area contributed by atoms with E-state index in [9.17, 15) is 8.42 Å². The van der Waals surface area contributed by atoms with Crippen LogP contribution in [0.2, 0.25) is 0 Å². The Kier molecular flexibility index (Phi) is 3.79. The molecule has 1 fully saturated rings. The smallest absolute Gasteiger partial charge is 0.246 e. The van der Waals surface area contributed by atoms with Crippen molar-refractivity contribution in [3.05, 3.63) is 17.6 Å². The fraction of sp³-hybridized carbons (Fsp3) is 0.667. The van der Waals surface area contributed by atoms with Crippen molar-refractivity contribution < 1.29 is 12.8 Å². The molecule has 1 aliphatic heterocycles. The summed E-state index contributed by atoms with van der Waals surface area (Å²) < 4.78 is 32.1. The van der Waals surface area contributed by atoms with Gasteiger partial charge in [-0.3, -0.25) is 0 Å². The van der Waals surface area contributed by atoms with Crippen molar-refractivity contribution in [2.75, 3.05) is 20.1 Å². The van der Waals surface area contributed by atoms with Crippen molar-refractivity contribution in [1.29, 1.82) is 0 Å². The Hall–Kier alpha value is -0.850. The fourth-order valence-corrected chi connectivity index (χ4v) is 4.47. The van der Waals surface area contributed by atoms with E-state index in [1.165, 1.54) is 0 Å². The highest BCUT2D eigenvalue weighted by Gasteiger charge is 2.36. The third kappa shape index (κ3) is 2.32. The van der Waals surface area contributed by atoms with Crippen LogP contribution < -0.4 is 5.32 Å². The molecule has 0 aliphatic carbocycles. The molecule has 5 nitrogen and oxygen atoms in total. The average molecular weight is 272 g/mol. The van der Waals surface area contributed by atoms with Crippen LogP contribution in [-0.2, 0) is 10.0 Å². The van der Waals surface area contributed by atoms with Gasteiger partial charge in [0.25, 0.3) is 0 Å². The molecule has 1 atom stereocenters. The maximum absolute atomic E-state index is 12.6. The zero-order valence-corrected chi connectivity index (χ0v) is 11.9. The molecule has 102 valence electrons. The van der Waals surface area contributed by atoms with Gasteiger partial charge in [0, 0.05) is 19.1 Å². The van der Waals surface area contributed by atoms with Crippen molar-refractivity contribution in [3.63, 3.8) is 0 Å². The van der Waals surface area contributed by atoms with E-state index in [1.54, 1.807) is 24.2 Å². The van der Waals surface area contributed by atoms with Crippen molar-refractivity contribution in [3.8, 4) is 0 Å². The lowest BCUT2D eigenvalue weighted by atomic mass is 10.2. The number of likely N-dealkylation sites (N-methyl/N-ethyl adjacent to an activating group) is 1. The maximum Gasteiger partial charge on any atom is 0.246 e. The Labute approximate surface area is 108 Å². The van der Waals surface area contributed by atoms with Crippen LogP contribution in [0, 0.1) is 13.8 Å². The van der Waals surface area contributed by atoms with Crippen LogP contribution in [0.5, 0.6) is 0 Å². The van der Waals surface area contributed by atoms with E-state index in [2.05, 4.69) is 5.32 Å². The van der Waals surface area contributed by atoms with Gasteiger partial charge in [-0.2, -0.15) is 4.31 Å². The molecule has 1 aromatic heterocycles. The number of aryl methyl sites for hydroxylation is 2. The maximum atomic E-state index is 12.6. The van der Waals surface area contributed by atoms with E-state index in [1.807, 2.05) is 7.05 Å². The van der Waals surface area contributed by atoms with Crippen LogP contribution in [0.25, 0.3) is 0 Å². The second-order valence-electron chi connectivity index (χ2n) is 4.75. The Morgan fingerprint density at radius 2 is 2.22 bits per heavy atom. The molecule has 1 aliphatic rings. The fourth-order valence-electron chi connectivity index (χ4n) is 2.56. The van der Waals surface area contributed by atoms with E-state index < -0.39 is 10.0 Å². The lowest BCUT2D eigenvalue weighted by Crippen LogP contribution is -2.40. The number of nitrogens with zero attached hydrogens (tertiary/aromatic N) is 1. The third-order valence-corrected chi connectivity index (χ3v) is 5.40. The normalized spacial score (nSPS) is 21.6. The topological polar surface area (TPSA) is 62.6 Å². The van der Waals surface area contributed by atoms with E-state index >= 15 is 0 Å². The zero-order chi connectivity index (χ0) is 13.3. The van der Waals surface area contributed by atoms with Crippen LogP contribution in [0.1, 0.15) is 24.4 Å². The van der Waals surface area contributed by atoms with Crippen LogP contribution in [0.15, 0.2) is 15.4 Å². The molecule has 6 heteroatoms. The Bertz CT molecular complexity index is 521. The van der Waals surface area contributed by atoms with Gasteiger partial charge in [-0.05, 0) is 39.8 Å². The second kappa shape index (κ2) is 5.03. The number of nitrogens with one attached hydrogen (secondary N) is 1. The van der Waals surface area contributed by atoms with Gasteiger partial charge in [-0.1, -0.05) is 0 Å². The molecule has 0 bridgehead atoms. The van der Waals surface area contributed by atoms with Gasteiger partial charge in [0.15, 0.2) is 0 Å². The predicted molar refractivity (Wildman–Crippen MR) is 69.0 cm³/mol. The predicted octanol–water partition coefficient (Wildman–Crippen LogP) is 1.27. The summed E-state index contributed by atoms with van der Waals surface area (Å²) in [5.74, 6) is 1.11. The van der Waals surface area contributed by atoms with Crippen molar-refractivity contribution in [2.45, 2.75) is 37.6 Å². The molecule has 1 saturated heterocycles. The summed E-state index contributed by atoms with van der Waals surface area (Å²) in [6, 6.07) is 1.66. The van der Waals surface area contributed by atoms with Crippen molar-refractivity contribution >= 4 is 10.0 Å². The quantitative estimate of drug-likeness (QED) is 0.896. The van der Waals surface area contributed by atoms with Crippen molar-refractivity contribution in [1.82, 2.24) is 9.62 Å². The summed E-state index contributed by atoms with van der Waals surface area (Å²) in [5, 5.41) is 3.05. The molecule has 0 spiro atoms. The van der Waals surface area contributed by atoms with E-state index in [0.717, 1.165) is 12.8 Å². The highest BCUT2D eigenvalue weighted by Crippen LogP contribution is 2.29. The monoisotopic (exact) mass is 272 g/mol. The standard InChI is InChI=1S/C12H20N2O3S/c1-9-7-12(10(2)17-9)18(15,16)14-6-4-5-11(14)8-13-3/h7,11,13H,4-6,8H2,1-3H3/t11-/m0/s1. The summed E-state index contributed by atoms with van der Waals surface area (Å²) in [6.07, 6.45) is 1.83. The minimum absolute atomic E-state index is 0.0506. The molecule has 1 aromatic rings. The number of hydrogen-bond donors (Lipinski definition) is 1. The van der Waals surface area contributed by atoms with E-state index in [4.69, 9.17) is 4.42 Å². The molecule has 0 amide bonds. The van der Waals surface area contributed by atoms with Crippen LogP contribution >= 0.6 is 0 Å². The first-order valence-corrected chi connectivity index (χ1v) is 7.64. The van der Waals surface area contributed by atoms with Gasteiger partial charge in [0.1, 0.15) is 16.4 Å². The molecular weight excluding hydrogens is 252 g/mol. The highest BCUT2D eigenvalue weighted by atomic mass is 32.2. The summed E-state index contributed by atoms with van der Waals surface area (Å²) in [5.41, 5.74) is 0.